The average molecular weight is 365 g/mol. The van der Waals surface area contributed by atoms with E-state index < -0.39 is 0 Å². The highest BCUT2D eigenvalue weighted by Crippen LogP contribution is 2.37. The lowest BCUT2D eigenvalue weighted by molar-refractivity contribution is -0.121. The predicted octanol–water partition coefficient (Wildman–Crippen LogP) is 2.53. The Hall–Kier alpha value is -3.06. The first-order valence-electron chi connectivity index (χ1n) is 8.86. The quantitative estimate of drug-likeness (QED) is 0.745. The highest BCUT2D eigenvalue weighted by molar-refractivity contribution is 5.83. The molecular formula is C20H20FN5O. The molecule has 1 aliphatic heterocycles. The second kappa shape index (κ2) is 7.28. The molecular weight excluding hydrogens is 345 g/mol. The van der Waals surface area contributed by atoms with E-state index in [-0.39, 0.29) is 17.8 Å². The Morgan fingerprint density at radius 1 is 1.22 bits per heavy atom. The van der Waals surface area contributed by atoms with Crippen LogP contribution in [0.25, 0.3) is 22.4 Å². The van der Waals surface area contributed by atoms with Crippen LogP contribution < -0.4 is 10.6 Å². The van der Waals surface area contributed by atoms with E-state index in [1.165, 1.54) is 12.1 Å². The summed E-state index contributed by atoms with van der Waals surface area (Å²) in [5.41, 5.74) is 4.61. The number of rotatable bonds is 4. The molecule has 0 saturated heterocycles. The number of hydrogen-bond acceptors (Lipinski definition) is 4. The number of amides is 1. The molecule has 1 aliphatic rings. The van der Waals surface area contributed by atoms with Crippen LogP contribution >= 0.6 is 0 Å². The molecule has 0 spiro atoms. The number of hydrogen-bond donors (Lipinski definition) is 2. The Kier molecular flexibility index (Phi) is 4.68. The van der Waals surface area contributed by atoms with E-state index >= 15 is 0 Å². The number of carbonyl (C=O) groups is 1. The van der Waals surface area contributed by atoms with Crippen LogP contribution in [-0.4, -0.2) is 34.3 Å². The number of benzene rings is 1. The van der Waals surface area contributed by atoms with Crippen molar-refractivity contribution >= 4 is 5.91 Å². The van der Waals surface area contributed by atoms with E-state index in [1.807, 2.05) is 16.8 Å². The largest absolute Gasteiger partial charge is 0.359 e. The van der Waals surface area contributed by atoms with Gasteiger partial charge in [-0.25, -0.2) is 4.39 Å². The lowest BCUT2D eigenvalue weighted by atomic mass is 9.98. The second-order valence-corrected chi connectivity index (χ2v) is 6.52. The van der Waals surface area contributed by atoms with Gasteiger partial charge >= 0.3 is 0 Å². The SMILES string of the molecule is CNC(=O)C[C@@H]1CNCc2c(-c3ccncc3)c(-c3ccc(F)cc3)nn21. The van der Waals surface area contributed by atoms with Gasteiger partial charge in [-0.1, -0.05) is 0 Å². The van der Waals surface area contributed by atoms with Gasteiger partial charge in [-0.05, 0) is 42.0 Å². The van der Waals surface area contributed by atoms with Crippen LogP contribution in [0.4, 0.5) is 4.39 Å². The summed E-state index contributed by atoms with van der Waals surface area (Å²) in [6, 6.07) is 10.1. The van der Waals surface area contributed by atoms with Crippen molar-refractivity contribution in [3.05, 3.63) is 60.3 Å². The number of carbonyl (C=O) groups excluding carboxylic acids is 1. The highest BCUT2D eigenvalue weighted by atomic mass is 19.1. The monoisotopic (exact) mass is 365 g/mol. The fourth-order valence-electron chi connectivity index (χ4n) is 3.49. The van der Waals surface area contributed by atoms with E-state index in [0.717, 1.165) is 28.1 Å². The van der Waals surface area contributed by atoms with E-state index in [1.54, 1.807) is 31.6 Å². The molecule has 3 aromatic rings. The summed E-state index contributed by atoms with van der Waals surface area (Å²) < 4.78 is 15.4. The fourth-order valence-corrected chi connectivity index (χ4v) is 3.49. The molecule has 3 heterocycles. The summed E-state index contributed by atoms with van der Waals surface area (Å²) in [5, 5.41) is 10.9. The van der Waals surface area contributed by atoms with Crippen molar-refractivity contribution in [1.82, 2.24) is 25.4 Å². The number of fused-ring (bicyclic) bond motifs is 1. The van der Waals surface area contributed by atoms with Gasteiger partial charge in [0.1, 0.15) is 11.5 Å². The minimum Gasteiger partial charge on any atom is -0.359 e. The summed E-state index contributed by atoms with van der Waals surface area (Å²) in [4.78, 5) is 16.0. The molecule has 27 heavy (non-hydrogen) atoms. The molecule has 7 heteroatoms. The van der Waals surface area contributed by atoms with Gasteiger partial charge in [0.05, 0.1) is 18.2 Å². The van der Waals surface area contributed by atoms with Crippen molar-refractivity contribution in [3.8, 4) is 22.4 Å². The summed E-state index contributed by atoms with van der Waals surface area (Å²) in [5.74, 6) is -0.314. The zero-order valence-corrected chi connectivity index (χ0v) is 14.9. The van der Waals surface area contributed by atoms with Crippen molar-refractivity contribution < 1.29 is 9.18 Å². The predicted molar refractivity (Wildman–Crippen MR) is 100 cm³/mol. The Bertz CT molecular complexity index is 953. The van der Waals surface area contributed by atoms with Crippen LogP contribution in [0.5, 0.6) is 0 Å². The number of nitrogens with zero attached hydrogens (tertiary/aromatic N) is 3. The molecule has 0 unspecified atom stereocenters. The third kappa shape index (κ3) is 3.33. The van der Waals surface area contributed by atoms with Gasteiger partial charge in [0.25, 0.3) is 0 Å². The molecule has 4 rings (SSSR count). The minimum atomic E-state index is -0.285. The molecule has 138 valence electrons. The maximum Gasteiger partial charge on any atom is 0.221 e. The van der Waals surface area contributed by atoms with E-state index in [9.17, 15) is 9.18 Å². The van der Waals surface area contributed by atoms with Gasteiger partial charge in [-0.15, -0.1) is 0 Å². The minimum absolute atomic E-state index is 0.0288. The van der Waals surface area contributed by atoms with Gasteiger partial charge in [-0.2, -0.15) is 5.10 Å². The van der Waals surface area contributed by atoms with Gasteiger partial charge in [0.2, 0.25) is 5.91 Å². The first-order valence-corrected chi connectivity index (χ1v) is 8.86. The van der Waals surface area contributed by atoms with Crippen molar-refractivity contribution in [2.24, 2.45) is 0 Å². The van der Waals surface area contributed by atoms with Crippen LogP contribution in [0.3, 0.4) is 0 Å². The number of pyridine rings is 1. The van der Waals surface area contributed by atoms with Crippen molar-refractivity contribution in [2.75, 3.05) is 13.6 Å². The smallest absolute Gasteiger partial charge is 0.221 e. The Labute approximate surface area is 156 Å². The first-order chi connectivity index (χ1) is 13.2. The van der Waals surface area contributed by atoms with Gasteiger partial charge in [-0.3, -0.25) is 14.5 Å². The van der Waals surface area contributed by atoms with Crippen molar-refractivity contribution in [3.63, 3.8) is 0 Å². The van der Waals surface area contributed by atoms with Gasteiger partial charge in [0, 0.05) is 43.7 Å². The van der Waals surface area contributed by atoms with Crippen LogP contribution in [0.1, 0.15) is 18.2 Å². The topological polar surface area (TPSA) is 71.8 Å². The van der Waals surface area contributed by atoms with Crippen LogP contribution in [-0.2, 0) is 11.3 Å². The van der Waals surface area contributed by atoms with E-state index in [0.29, 0.717) is 19.5 Å². The molecule has 1 atom stereocenters. The average Bonchev–Trinajstić information content (AvgIpc) is 3.09. The van der Waals surface area contributed by atoms with Crippen molar-refractivity contribution in [1.29, 1.82) is 0 Å². The summed E-state index contributed by atoms with van der Waals surface area (Å²) in [7, 11) is 1.63. The lowest BCUT2D eigenvalue weighted by Gasteiger charge is -2.25. The molecule has 2 N–H and O–H groups in total. The molecule has 0 saturated carbocycles. The number of halogens is 1. The Morgan fingerprint density at radius 3 is 2.67 bits per heavy atom. The normalized spacial score (nSPS) is 16.0. The maximum absolute atomic E-state index is 13.4. The Balaban J connectivity index is 1.88. The molecule has 0 fully saturated rings. The van der Waals surface area contributed by atoms with Gasteiger partial charge < -0.3 is 10.6 Å². The summed E-state index contributed by atoms with van der Waals surface area (Å²) >= 11 is 0. The molecule has 0 aliphatic carbocycles. The maximum atomic E-state index is 13.4. The van der Waals surface area contributed by atoms with E-state index in [4.69, 9.17) is 5.10 Å². The van der Waals surface area contributed by atoms with Crippen LogP contribution in [0.15, 0.2) is 48.8 Å². The zero-order chi connectivity index (χ0) is 18.8. The third-order valence-electron chi connectivity index (χ3n) is 4.81. The van der Waals surface area contributed by atoms with Crippen LogP contribution in [0.2, 0.25) is 0 Å². The van der Waals surface area contributed by atoms with E-state index in [2.05, 4.69) is 15.6 Å². The second-order valence-electron chi connectivity index (χ2n) is 6.52. The summed E-state index contributed by atoms with van der Waals surface area (Å²) in [6.45, 7) is 1.32. The molecule has 1 aromatic carbocycles. The molecule has 2 aromatic heterocycles. The number of nitrogens with one attached hydrogen (secondary N) is 2. The molecule has 1 amide bonds. The van der Waals surface area contributed by atoms with Crippen LogP contribution in [0, 0.1) is 5.82 Å². The highest BCUT2D eigenvalue weighted by Gasteiger charge is 2.28. The van der Waals surface area contributed by atoms with Crippen molar-refractivity contribution in [2.45, 2.75) is 19.0 Å². The fraction of sp³-hybridized carbons (Fsp3) is 0.250. The number of aromatic nitrogens is 3. The zero-order valence-electron chi connectivity index (χ0n) is 14.9. The molecule has 6 nitrogen and oxygen atoms in total. The lowest BCUT2D eigenvalue weighted by Crippen LogP contribution is -2.36. The molecule has 0 bridgehead atoms. The molecule has 0 radical (unpaired) electrons. The van der Waals surface area contributed by atoms with Gasteiger partial charge in [0.15, 0.2) is 0 Å². The Morgan fingerprint density at radius 2 is 1.96 bits per heavy atom. The third-order valence-corrected chi connectivity index (χ3v) is 4.81. The standard InChI is InChI=1S/C20H20FN5O/c1-22-18(27)10-16-11-24-12-17-19(13-6-8-23-9-7-13)20(25-26(16)17)14-2-4-15(21)5-3-14/h2-9,16,24H,10-12H2,1H3,(H,22,27)/t16-/m1/s1. The summed E-state index contributed by atoms with van der Waals surface area (Å²) in [6.07, 6.45) is 3.83. The first kappa shape index (κ1) is 17.4.